The van der Waals surface area contributed by atoms with Gasteiger partial charge in [0.25, 0.3) is 0 Å². The van der Waals surface area contributed by atoms with Gasteiger partial charge in [-0.3, -0.25) is 4.79 Å². The Morgan fingerprint density at radius 2 is 2.05 bits per heavy atom. The summed E-state index contributed by atoms with van der Waals surface area (Å²) >= 11 is 0. The average Bonchev–Trinajstić information content (AvgIpc) is 2.49. The Kier molecular flexibility index (Phi) is 8.18. The highest BCUT2D eigenvalue weighted by Gasteiger charge is 2.08. The second-order valence-corrected chi connectivity index (χ2v) is 4.82. The van der Waals surface area contributed by atoms with Crippen LogP contribution in [0, 0.1) is 11.8 Å². The van der Waals surface area contributed by atoms with Crippen LogP contribution in [-0.2, 0) is 16.1 Å². The molecule has 1 aromatic rings. The lowest BCUT2D eigenvalue weighted by atomic mass is 10.1. The SMILES string of the molecule is COCCCC(=O)N(C)Cc1ccc(C#CCCO)cc1. The number of methoxy groups -OCH3 is 1. The quantitative estimate of drug-likeness (QED) is 0.615. The molecule has 0 aliphatic carbocycles. The van der Waals surface area contributed by atoms with Gasteiger partial charge in [0.2, 0.25) is 5.91 Å². The summed E-state index contributed by atoms with van der Waals surface area (Å²) in [5.74, 6) is 5.98. The highest BCUT2D eigenvalue weighted by Crippen LogP contribution is 2.07. The fraction of sp³-hybridized carbons (Fsp3) is 0.471. The van der Waals surface area contributed by atoms with Crippen LogP contribution in [-0.4, -0.2) is 43.3 Å². The van der Waals surface area contributed by atoms with Crippen LogP contribution < -0.4 is 0 Å². The Balaban J connectivity index is 2.47. The molecule has 0 saturated carbocycles. The number of hydrogen-bond donors (Lipinski definition) is 1. The van der Waals surface area contributed by atoms with E-state index in [0.29, 0.717) is 26.0 Å². The molecule has 0 bridgehead atoms. The standard InChI is InChI=1S/C17H23NO3/c1-18(17(20)7-5-13-21-2)14-16-10-8-15(9-11-16)6-3-4-12-19/h8-11,19H,4-5,7,12-14H2,1-2H3. The molecule has 0 aliphatic rings. The van der Waals surface area contributed by atoms with E-state index in [1.165, 1.54) is 0 Å². The van der Waals surface area contributed by atoms with Crippen LogP contribution >= 0.6 is 0 Å². The third kappa shape index (κ3) is 6.94. The number of aliphatic hydroxyl groups is 1. The summed E-state index contributed by atoms with van der Waals surface area (Å²) in [6.07, 6.45) is 1.74. The third-order valence-electron chi connectivity index (χ3n) is 3.01. The summed E-state index contributed by atoms with van der Waals surface area (Å²) in [6, 6.07) is 7.82. The van der Waals surface area contributed by atoms with E-state index in [-0.39, 0.29) is 12.5 Å². The summed E-state index contributed by atoms with van der Waals surface area (Å²) in [7, 11) is 3.45. The van der Waals surface area contributed by atoms with Crippen molar-refractivity contribution in [2.45, 2.75) is 25.8 Å². The van der Waals surface area contributed by atoms with Gasteiger partial charge in [-0.2, -0.15) is 0 Å². The van der Waals surface area contributed by atoms with Crippen molar-refractivity contribution in [3.63, 3.8) is 0 Å². The molecule has 1 rings (SSSR count). The van der Waals surface area contributed by atoms with Crippen LogP contribution in [0.25, 0.3) is 0 Å². The van der Waals surface area contributed by atoms with Gasteiger partial charge in [-0.05, 0) is 24.1 Å². The zero-order chi connectivity index (χ0) is 15.5. The largest absolute Gasteiger partial charge is 0.395 e. The first-order valence-electron chi connectivity index (χ1n) is 7.09. The Morgan fingerprint density at radius 1 is 1.33 bits per heavy atom. The normalized spacial score (nSPS) is 9.86. The monoisotopic (exact) mass is 289 g/mol. The van der Waals surface area contributed by atoms with E-state index >= 15 is 0 Å². The molecule has 0 fully saturated rings. The van der Waals surface area contributed by atoms with E-state index in [0.717, 1.165) is 17.5 Å². The predicted molar refractivity (Wildman–Crippen MR) is 82.6 cm³/mol. The highest BCUT2D eigenvalue weighted by molar-refractivity contribution is 5.75. The maximum atomic E-state index is 11.9. The number of amides is 1. The van der Waals surface area contributed by atoms with Gasteiger partial charge in [0, 0.05) is 45.7 Å². The lowest BCUT2D eigenvalue weighted by Crippen LogP contribution is -2.26. The lowest BCUT2D eigenvalue weighted by molar-refractivity contribution is -0.130. The van der Waals surface area contributed by atoms with Crippen LogP contribution in [0.3, 0.4) is 0 Å². The second kappa shape index (κ2) is 9.98. The van der Waals surface area contributed by atoms with Gasteiger partial charge >= 0.3 is 0 Å². The molecular formula is C17H23NO3. The molecule has 4 heteroatoms. The number of rotatable bonds is 7. The molecule has 0 radical (unpaired) electrons. The molecule has 0 aliphatic heterocycles. The van der Waals surface area contributed by atoms with Gasteiger partial charge in [-0.1, -0.05) is 24.0 Å². The van der Waals surface area contributed by atoms with Gasteiger partial charge < -0.3 is 14.7 Å². The molecule has 4 nitrogen and oxygen atoms in total. The van der Waals surface area contributed by atoms with Crippen molar-refractivity contribution in [3.05, 3.63) is 35.4 Å². The fourth-order valence-corrected chi connectivity index (χ4v) is 1.83. The number of carbonyl (C=O) groups is 1. The third-order valence-corrected chi connectivity index (χ3v) is 3.01. The lowest BCUT2D eigenvalue weighted by Gasteiger charge is -2.17. The summed E-state index contributed by atoms with van der Waals surface area (Å²) in [5.41, 5.74) is 1.99. The number of hydrogen-bond acceptors (Lipinski definition) is 3. The molecule has 1 amide bonds. The minimum atomic E-state index is 0.0844. The number of carbonyl (C=O) groups excluding carboxylic acids is 1. The summed E-state index contributed by atoms with van der Waals surface area (Å²) < 4.78 is 4.94. The smallest absolute Gasteiger partial charge is 0.222 e. The molecule has 0 spiro atoms. The summed E-state index contributed by atoms with van der Waals surface area (Å²) in [6.45, 7) is 1.29. The fourth-order valence-electron chi connectivity index (χ4n) is 1.83. The Morgan fingerprint density at radius 3 is 2.67 bits per heavy atom. The van der Waals surface area contributed by atoms with Crippen molar-refractivity contribution in [3.8, 4) is 11.8 Å². The zero-order valence-electron chi connectivity index (χ0n) is 12.8. The van der Waals surface area contributed by atoms with Crippen molar-refractivity contribution in [2.75, 3.05) is 27.4 Å². The molecule has 0 heterocycles. The number of nitrogens with zero attached hydrogens (tertiary/aromatic N) is 1. The van der Waals surface area contributed by atoms with E-state index < -0.39 is 0 Å². The molecule has 0 saturated heterocycles. The Hall–Kier alpha value is -1.83. The summed E-state index contributed by atoms with van der Waals surface area (Å²) in [5, 5.41) is 8.67. The van der Waals surface area contributed by atoms with Gasteiger partial charge in [0.15, 0.2) is 0 Å². The van der Waals surface area contributed by atoms with Crippen molar-refractivity contribution >= 4 is 5.91 Å². The summed E-state index contributed by atoms with van der Waals surface area (Å²) in [4.78, 5) is 13.6. The second-order valence-electron chi connectivity index (χ2n) is 4.82. The Bertz CT molecular complexity index is 485. The van der Waals surface area contributed by atoms with Gasteiger partial charge in [0.05, 0.1) is 6.61 Å². The van der Waals surface area contributed by atoms with Crippen LogP contribution in [0.5, 0.6) is 0 Å². The topological polar surface area (TPSA) is 49.8 Å². The predicted octanol–water partition coefficient (Wildman–Crippen LogP) is 1.81. The number of ether oxygens (including phenoxy) is 1. The van der Waals surface area contributed by atoms with Crippen LogP contribution in [0.1, 0.15) is 30.4 Å². The number of aliphatic hydroxyl groups excluding tert-OH is 1. The van der Waals surface area contributed by atoms with E-state index in [2.05, 4.69) is 11.8 Å². The molecule has 0 atom stereocenters. The van der Waals surface area contributed by atoms with E-state index in [9.17, 15) is 4.79 Å². The first-order chi connectivity index (χ1) is 10.2. The first-order valence-corrected chi connectivity index (χ1v) is 7.09. The Labute approximate surface area is 126 Å². The molecule has 114 valence electrons. The molecule has 21 heavy (non-hydrogen) atoms. The van der Waals surface area contributed by atoms with Crippen molar-refractivity contribution in [1.82, 2.24) is 4.90 Å². The minimum absolute atomic E-state index is 0.0844. The molecular weight excluding hydrogens is 266 g/mol. The molecule has 0 unspecified atom stereocenters. The molecule has 1 aromatic carbocycles. The molecule has 1 N–H and O–H groups in total. The van der Waals surface area contributed by atoms with Crippen molar-refractivity contribution in [1.29, 1.82) is 0 Å². The minimum Gasteiger partial charge on any atom is -0.395 e. The van der Waals surface area contributed by atoms with Crippen LogP contribution in [0.2, 0.25) is 0 Å². The van der Waals surface area contributed by atoms with E-state index in [1.54, 1.807) is 12.0 Å². The highest BCUT2D eigenvalue weighted by atomic mass is 16.5. The van der Waals surface area contributed by atoms with Crippen LogP contribution in [0.15, 0.2) is 24.3 Å². The zero-order valence-corrected chi connectivity index (χ0v) is 12.8. The van der Waals surface area contributed by atoms with Crippen molar-refractivity contribution in [2.24, 2.45) is 0 Å². The van der Waals surface area contributed by atoms with Gasteiger partial charge in [-0.25, -0.2) is 0 Å². The van der Waals surface area contributed by atoms with Crippen molar-refractivity contribution < 1.29 is 14.6 Å². The van der Waals surface area contributed by atoms with E-state index in [1.807, 2.05) is 31.3 Å². The molecule has 0 aromatic heterocycles. The average molecular weight is 289 g/mol. The van der Waals surface area contributed by atoms with Gasteiger partial charge in [-0.15, -0.1) is 0 Å². The maximum Gasteiger partial charge on any atom is 0.222 e. The van der Waals surface area contributed by atoms with E-state index in [4.69, 9.17) is 9.84 Å². The maximum absolute atomic E-state index is 11.9. The first kappa shape index (κ1) is 17.2. The van der Waals surface area contributed by atoms with Crippen LogP contribution in [0.4, 0.5) is 0 Å². The number of benzene rings is 1. The van der Waals surface area contributed by atoms with Gasteiger partial charge in [0.1, 0.15) is 0 Å².